The van der Waals surface area contributed by atoms with Gasteiger partial charge in [-0.3, -0.25) is 14.6 Å². The van der Waals surface area contributed by atoms with Crippen molar-refractivity contribution in [2.24, 2.45) is 5.41 Å². The zero-order chi connectivity index (χ0) is 19.6. The second kappa shape index (κ2) is 7.74. The van der Waals surface area contributed by atoms with E-state index in [9.17, 15) is 9.59 Å². The van der Waals surface area contributed by atoms with E-state index in [0.717, 1.165) is 51.0 Å². The number of hydrogen-bond acceptors (Lipinski definition) is 3. The fraction of sp³-hybridized carbons (Fsp3) is 0.435. The Morgan fingerprint density at radius 3 is 2.43 bits per heavy atom. The number of piperidine rings is 2. The fourth-order valence-corrected chi connectivity index (χ4v) is 4.72. The molecule has 0 radical (unpaired) electrons. The van der Waals surface area contributed by atoms with Crippen LogP contribution in [0.3, 0.4) is 0 Å². The Morgan fingerprint density at radius 1 is 1.11 bits per heavy atom. The third kappa shape index (κ3) is 3.53. The molecule has 2 aliphatic heterocycles. The number of likely N-dealkylation sites (N-methyl/N-ethyl adjacent to an activating group) is 1. The van der Waals surface area contributed by atoms with E-state index < -0.39 is 0 Å². The zero-order valence-electron chi connectivity index (χ0n) is 16.4. The summed E-state index contributed by atoms with van der Waals surface area (Å²) in [7, 11) is 0. The minimum Gasteiger partial charge on any atom is -0.342 e. The van der Waals surface area contributed by atoms with E-state index in [1.54, 1.807) is 24.5 Å². The Bertz CT molecular complexity index is 829. The molecule has 0 saturated carbocycles. The maximum absolute atomic E-state index is 13.0. The predicted octanol–water partition coefficient (Wildman–Crippen LogP) is 3.34. The van der Waals surface area contributed by atoms with Crippen LogP contribution >= 0.6 is 0 Å². The van der Waals surface area contributed by atoms with Gasteiger partial charge in [-0.25, -0.2) is 0 Å². The molecule has 2 amide bonds. The van der Waals surface area contributed by atoms with Crippen LogP contribution < -0.4 is 0 Å². The van der Waals surface area contributed by atoms with E-state index in [2.05, 4.69) is 24.0 Å². The normalized spacial score (nSPS) is 21.8. The van der Waals surface area contributed by atoms with Gasteiger partial charge in [0.15, 0.2) is 0 Å². The van der Waals surface area contributed by atoms with Gasteiger partial charge in [0.2, 0.25) is 5.91 Å². The summed E-state index contributed by atoms with van der Waals surface area (Å²) in [6, 6.07) is 13.7. The lowest BCUT2D eigenvalue weighted by molar-refractivity contribution is -0.141. The molecule has 5 nitrogen and oxygen atoms in total. The Morgan fingerprint density at radius 2 is 1.79 bits per heavy atom. The van der Waals surface area contributed by atoms with Crippen LogP contribution in [0.25, 0.3) is 0 Å². The van der Waals surface area contributed by atoms with Crippen molar-refractivity contribution in [1.29, 1.82) is 0 Å². The van der Waals surface area contributed by atoms with Gasteiger partial charge in [-0.15, -0.1) is 0 Å². The van der Waals surface area contributed by atoms with Crippen LogP contribution in [0.15, 0.2) is 54.9 Å². The number of pyridine rings is 1. The van der Waals surface area contributed by atoms with E-state index in [0.29, 0.717) is 5.56 Å². The number of benzene rings is 1. The van der Waals surface area contributed by atoms with Gasteiger partial charge in [0, 0.05) is 44.1 Å². The van der Waals surface area contributed by atoms with Crippen molar-refractivity contribution < 1.29 is 9.59 Å². The molecule has 0 bridgehead atoms. The quantitative estimate of drug-likeness (QED) is 0.824. The number of rotatable bonds is 3. The summed E-state index contributed by atoms with van der Waals surface area (Å²) in [5.74, 6) is 0.253. The molecule has 0 aliphatic carbocycles. The molecule has 1 aromatic carbocycles. The topological polar surface area (TPSA) is 53.5 Å². The second-order valence-corrected chi connectivity index (χ2v) is 8.05. The number of amides is 2. The van der Waals surface area contributed by atoms with E-state index in [-0.39, 0.29) is 23.1 Å². The van der Waals surface area contributed by atoms with Crippen LogP contribution in [-0.4, -0.2) is 52.8 Å². The van der Waals surface area contributed by atoms with E-state index in [1.165, 1.54) is 0 Å². The lowest BCUT2D eigenvalue weighted by Gasteiger charge is -2.49. The van der Waals surface area contributed by atoms with Crippen LogP contribution in [0.5, 0.6) is 0 Å². The summed E-state index contributed by atoms with van der Waals surface area (Å²) >= 11 is 0. The molecule has 4 rings (SSSR count). The molecule has 2 aromatic rings. The van der Waals surface area contributed by atoms with Crippen LogP contribution in [0, 0.1) is 5.41 Å². The monoisotopic (exact) mass is 377 g/mol. The molecule has 1 aromatic heterocycles. The van der Waals surface area contributed by atoms with Crippen molar-refractivity contribution in [3.8, 4) is 0 Å². The van der Waals surface area contributed by atoms with E-state index >= 15 is 0 Å². The lowest BCUT2D eigenvalue weighted by atomic mass is 9.67. The van der Waals surface area contributed by atoms with Gasteiger partial charge in [-0.2, -0.15) is 0 Å². The average Bonchev–Trinajstić information content (AvgIpc) is 2.76. The molecule has 5 heteroatoms. The Hall–Kier alpha value is -2.69. The predicted molar refractivity (Wildman–Crippen MR) is 108 cm³/mol. The molecule has 1 atom stereocenters. The molecule has 2 fully saturated rings. The van der Waals surface area contributed by atoms with Crippen molar-refractivity contribution in [3.63, 3.8) is 0 Å². The van der Waals surface area contributed by atoms with Crippen LogP contribution in [0.2, 0.25) is 0 Å². The highest BCUT2D eigenvalue weighted by Gasteiger charge is 2.46. The zero-order valence-corrected chi connectivity index (χ0v) is 16.4. The summed E-state index contributed by atoms with van der Waals surface area (Å²) in [5, 5.41) is 0. The van der Waals surface area contributed by atoms with Crippen molar-refractivity contribution in [3.05, 3.63) is 66.0 Å². The molecular formula is C23H27N3O2. The van der Waals surface area contributed by atoms with Gasteiger partial charge < -0.3 is 9.80 Å². The first kappa shape index (κ1) is 18.7. The Labute approximate surface area is 166 Å². The smallest absolute Gasteiger partial charge is 0.253 e. The molecule has 2 aliphatic rings. The molecule has 2 saturated heterocycles. The van der Waals surface area contributed by atoms with Crippen LogP contribution in [-0.2, 0) is 4.79 Å². The molecule has 0 N–H and O–H groups in total. The first-order valence-corrected chi connectivity index (χ1v) is 10.1. The fourth-order valence-electron chi connectivity index (χ4n) is 4.72. The summed E-state index contributed by atoms with van der Waals surface area (Å²) in [5.41, 5.74) is 1.90. The van der Waals surface area contributed by atoms with E-state index in [1.807, 2.05) is 28.0 Å². The van der Waals surface area contributed by atoms with Crippen molar-refractivity contribution in [2.75, 3.05) is 26.2 Å². The molecule has 3 heterocycles. The molecule has 1 spiro atoms. The first-order valence-electron chi connectivity index (χ1n) is 10.1. The maximum Gasteiger partial charge on any atom is 0.253 e. The van der Waals surface area contributed by atoms with Gasteiger partial charge in [0.05, 0.1) is 5.92 Å². The third-order valence-corrected chi connectivity index (χ3v) is 6.40. The maximum atomic E-state index is 13.0. The minimum atomic E-state index is -0.0719. The van der Waals surface area contributed by atoms with Gasteiger partial charge >= 0.3 is 0 Å². The highest BCUT2D eigenvalue weighted by atomic mass is 16.2. The standard InChI is InChI=1S/C23H27N3O2/c1-2-25-17-23(16-20(22(25)28)18-6-4-3-5-7-18)10-14-26(15-11-23)21(27)19-8-12-24-13-9-19/h3-9,12-13,20H,2,10-11,14-17H2,1H3/t20-/m0/s1. The summed E-state index contributed by atoms with van der Waals surface area (Å²) in [6.07, 6.45) is 6.08. The molecule has 0 unspecified atom stereocenters. The van der Waals surface area contributed by atoms with Crippen molar-refractivity contribution >= 4 is 11.8 Å². The van der Waals surface area contributed by atoms with Gasteiger partial charge in [0.1, 0.15) is 0 Å². The van der Waals surface area contributed by atoms with Gasteiger partial charge in [0.25, 0.3) is 5.91 Å². The number of aromatic nitrogens is 1. The Balaban J connectivity index is 1.50. The molecule has 146 valence electrons. The number of carbonyl (C=O) groups excluding carboxylic acids is 2. The molecular weight excluding hydrogens is 350 g/mol. The number of nitrogens with zero attached hydrogens (tertiary/aromatic N) is 3. The van der Waals surface area contributed by atoms with E-state index in [4.69, 9.17) is 0 Å². The summed E-state index contributed by atoms with van der Waals surface area (Å²) < 4.78 is 0. The summed E-state index contributed by atoms with van der Waals surface area (Å²) in [6.45, 7) is 5.09. The Kier molecular flexibility index (Phi) is 5.16. The van der Waals surface area contributed by atoms with Crippen molar-refractivity contribution in [2.45, 2.75) is 32.1 Å². The van der Waals surface area contributed by atoms with Crippen LogP contribution in [0.1, 0.15) is 48.0 Å². The summed E-state index contributed by atoms with van der Waals surface area (Å²) in [4.78, 5) is 33.7. The number of carbonyl (C=O) groups is 2. The van der Waals surface area contributed by atoms with Gasteiger partial charge in [-0.1, -0.05) is 30.3 Å². The second-order valence-electron chi connectivity index (χ2n) is 8.05. The molecule has 28 heavy (non-hydrogen) atoms. The number of likely N-dealkylation sites (tertiary alicyclic amines) is 2. The van der Waals surface area contributed by atoms with Crippen molar-refractivity contribution in [1.82, 2.24) is 14.8 Å². The SMILES string of the molecule is CCN1CC2(CCN(C(=O)c3ccncc3)CC2)C[C@@H](c2ccccc2)C1=O. The average molecular weight is 377 g/mol. The van der Waals surface area contributed by atoms with Crippen LogP contribution in [0.4, 0.5) is 0 Å². The third-order valence-electron chi connectivity index (χ3n) is 6.40. The first-order chi connectivity index (χ1) is 13.6. The largest absolute Gasteiger partial charge is 0.342 e. The number of hydrogen-bond donors (Lipinski definition) is 0. The lowest BCUT2D eigenvalue weighted by Crippen LogP contribution is -2.54. The van der Waals surface area contributed by atoms with Gasteiger partial charge in [-0.05, 0) is 49.3 Å². The highest BCUT2D eigenvalue weighted by Crippen LogP contribution is 2.45. The highest BCUT2D eigenvalue weighted by molar-refractivity contribution is 5.94. The minimum absolute atomic E-state index is 0.0719.